The predicted octanol–water partition coefficient (Wildman–Crippen LogP) is 5.30. The van der Waals surface area contributed by atoms with Crippen LogP contribution in [-0.4, -0.2) is 34.5 Å². The number of fused-ring (bicyclic) bond motifs is 2. The molecule has 1 aliphatic carbocycles. The van der Waals surface area contributed by atoms with Crippen LogP contribution in [0.5, 0.6) is 5.75 Å². The van der Waals surface area contributed by atoms with Gasteiger partial charge in [-0.1, -0.05) is 18.2 Å². The number of halogens is 1. The maximum Gasteiger partial charge on any atom is 0.214 e. The second kappa shape index (κ2) is 9.24. The van der Waals surface area contributed by atoms with Crippen LogP contribution in [0.1, 0.15) is 31.4 Å². The lowest BCUT2D eigenvalue weighted by molar-refractivity contribution is 0.173. The maximum absolute atomic E-state index is 13.4. The van der Waals surface area contributed by atoms with Crippen LogP contribution in [0.25, 0.3) is 27.5 Å². The molecule has 6 rings (SSSR count). The number of hydrogen-bond acceptors (Lipinski definition) is 5. The van der Waals surface area contributed by atoms with Gasteiger partial charge in [0.1, 0.15) is 17.7 Å². The van der Waals surface area contributed by atoms with E-state index in [-0.39, 0.29) is 11.1 Å². The van der Waals surface area contributed by atoms with Gasteiger partial charge in [0.15, 0.2) is 0 Å². The average Bonchev–Trinajstić information content (AvgIpc) is 3.68. The summed E-state index contributed by atoms with van der Waals surface area (Å²) in [6, 6.07) is 20.9. The molecule has 0 bridgehead atoms. The van der Waals surface area contributed by atoms with Crippen molar-refractivity contribution in [3.05, 3.63) is 96.6 Å². The Kier molecular flexibility index (Phi) is 5.89. The van der Waals surface area contributed by atoms with E-state index in [2.05, 4.69) is 14.8 Å². The van der Waals surface area contributed by atoms with Crippen molar-refractivity contribution < 1.29 is 17.5 Å². The van der Waals surface area contributed by atoms with E-state index >= 15 is 0 Å². The first-order valence-corrected chi connectivity index (χ1v) is 13.7. The third-order valence-electron chi connectivity index (χ3n) is 6.58. The molecule has 0 unspecified atom stereocenters. The van der Waals surface area contributed by atoms with E-state index in [0.29, 0.717) is 18.6 Å². The minimum atomic E-state index is -3.43. The van der Waals surface area contributed by atoms with Crippen molar-refractivity contribution in [1.29, 1.82) is 0 Å². The van der Waals surface area contributed by atoms with Gasteiger partial charge in [-0.2, -0.15) is 5.10 Å². The number of nitrogens with zero attached hydrogens (tertiary/aromatic N) is 3. The van der Waals surface area contributed by atoms with Crippen LogP contribution in [0, 0.1) is 5.82 Å². The van der Waals surface area contributed by atoms with Crippen molar-refractivity contribution in [3.63, 3.8) is 0 Å². The molecule has 1 saturated carbocycles. The highest BCUT2D eigenvalue weighted by atomic mass is 32.2. The van der Waals surface area contributed by atoms with Crippen molar-refractivity contribution in [1.82, 2.24) is 19.5 Å². The van der Waals surface area contributed by atoms with Gasteiger partial charge in [-0.3, -0.25) is 4.98 Å². The largest absolute Gasteiger partial charge is 0.484 e. The summed E-state index contributed by atoms with van der Waals surface area (Å²) in [5.74, 6) is 0.262. The molecule has 2 heterocycles. The number of pyridine rings is 1. The molecule has 2 aromatic heterocycles. The smallest absolute Gasteiger partial charge is 0.214 e. The molecule has 0 saturated heterocycles. The fraction of sp³-hybridized carbons (Fsp3) is 0.214. The molecule has 7 nitrogen and oxygen atoms in total. The Morgan fingerprint density at radius 3 is 2.57 bits per heavy atom. The predicted molar refractivity (Wildman–Crippen MR) is 141 cm³/mol. The van der Waals surface area contributed by atoms with Gasteiger partial charge >= 0.3 is 0 Å². The summed E-state index contributed by atoms with van der Waals surface area (Å²) in [7, 11) is -3.43. The fourth-order valence-electron chi connectivity index (χ4n) is 4.52. The monoisotopic (exact) mass is 516 g/mol. The molecule has 3 aromatic carbocycles. The normalized spacial score (nSPS) is 15.6. The molecule has 1 aliphatic rings. The molecule has 188 valence electrons. The van der Waals surface area contributed by atoms with E-state index in [1.807, 2.05) is 55.5 Å². The van der Waals surface area contributed by atoms with Crippen LogP contribution in [-0.2, 0) is 10.0 Å². The van der Waals surface area contributed by atoms with Gasteiger partial charge in [0.25, 0.3) is 0 Å². The van der Waals surface area contributed by atoms with Crippen LogP contribution in [0.4, 0.5) is 4.39 Å². The standard InChI is InChI=1S/C28H25FN4O3S/c1-18(32-37(34,35)25-11-12-25)28(21-14-19-4-2-3-5-26(19)30-16-21)36-24-10-13-27-20(15-24)17-31-33(27)23-8-6-22(29)7-9-23/h2-10,13-18,25,28,32H,11-12H2,1H3/t18-,28+/m0/s1. The van der Waals surface area contributed by atoms with Crippen LogP contribution in [0.3, 0.4) is 0 Å². The molecule has 0 amide bonds. The van der Waals surface area contributed by atoms with E-state index in [1.54, 1.807) is 29.2 Å². The van der Waals surface area contributed by atoms with Gasteiger partial charge < -0.3 is 4.74 Å². The maximum atomic E-state index is 13.4. The van der Waals surface area contributed by atoms with Crippen molar-refractivity contribution >= 4 is 31.8 Å². The first-order chi connectivity index (χ1) is 17.9. The Morgan fingerprint density at radius 1 is 1.00 bits per heavy atom. The van der Waals surface area contributed by atoms with Crippen LogP contribution >= 0.6 is 0 Å². The molecular weight excluding hydrogens is 491 g/mol. The lowest BCUT2D eigenvalue weighted by Crippen LogP contribution is -2.40. The Balaban J connectivity index is 1.34. The third-order valence-corrected chi connectivity index (χ3v) is 8.63. The Bertz CT molecular complexity index is 1700. The molecule has 0 radical (unpaired) electrons. The van der Waals surface area contributed by atoms with Crippen LogP contribution < -0.4 is 9.46 Å². The topological polar surface area (TPSA) is 86.1 Å². The van der Waals surface area contributed by atoms with Gasteiger partial charge in [-0.05, 0) is 74.4 Å². The summed E-state index contributed by atoms with van der Waals surface area (Å²) >= 11 is 0. The zero-order valence-corrected chi connectivity index (χ0v) is 20.9. The number of ether oxygens (including phenoxy) is 1. The molecule has 5 aromatic rings. The molecule has 0 aliphatic heterocycles. The molecule has 1 N–H and O–H groups in total. The summed E-state index contributed by atoms with van der Waals surface area (Å²) < 4.78 is 49.8. The molecule has 0 spiro atoms. The van der Waals surface area contributed by atoms with Gasteiger partial charge in [-0.15, -0.1) is 0 Å². The quantitative estimate of drug-likeness (QED) is 0.302. The highest BCUT2D eigenvalue weighted by Crippen LogP contribution is 2.32. The highest BCUT2D eigenvalue weighted by Gasteiger charge is 2.38. The average molecular weight is 517 g/mol. The molecule has 2 atom stereocenters. The molecule has 9 heteroatoms. The van der Waals surface area contributed by atoms with Crippen LogP contribution in [0.15, 0.2) is 85.2 Å². The lowest BCUT2D eigenvalue weighted by atomic mass is 10.0. The minimum Gasteiger partial charge on any atom is -0.484 e. The van der Waals surface area contributed by atoms with Gasteiger partial charge in [0, 0.05) is 22.5 Å². The summed E-state index contributed by atoms with van der Waals surface area (Å²) in [5, 5.41) is 5.90. The van der Waals surface area contributed by atoms with Crippen molar-refractivity contribution in [2.45, 2.75) is 37.2 Å². The third kappa shape index (κ3) is 4.80. The second-order valence-electron chi connectivity index (χ2n) is 9.40. The Morgan fingerprint density at radius 2 is 1.78 bits per heavy atom. The summed E-state index contributed by atoms with van der Waals surface area (Å²) in [5.41, 5.74) is 3.20. The van der Waals surface area contributed by atoms with Gasteiger partial charge in [-0.25, -0.2) is 22.2 Å². The first kappa shape index (κ1) is 23.6. The second-order valence-corrected chi connectivity index (χ2v) is 11.4. The van der Waals surface area contributed by atoms with E-state index in [1.165, 1.54) is 12.1 Å². The van der Waals surface area contributed by atoms with Crippen molar-refractivity contribution in [2.24, 2.45) is 0 Å². The van der Waals surface area contributed by atoms with Gasteiger partial charge in [0.2, 0.25) is 10.0 Å². The zero-order valence-electron chi connectivity index (χ0n) is 20.1. The van der Waals surface area contributed by atoms with Crippen molar-refractivity contribution in [3.8, 4) is 11.4 Å². The number of aromatic nitrogens is 3. The van der Waals surface area contributed by atoms with E-state index in [4.69, 9.17) is 4.74 Å². The van der Waals surface area contributed by atoms with E-state index in [0.717, 1.165) is 33.1 Å². The van der Waals surface area contributed by atoms with E-state index < -0.39 is 22.2 Å². The number of benzene rings is 3. The number of nitrogens with one attached hydrogen (secondary N) is 1. The summed E-state index contributed by atoms with van der Waals surface area (Å²) in [6.45, 7) is 1.81. The SMILES string of the molecule is C[C@H](NS(=O)(=O)C1CC1)[C@@H](Oc1ccc2c(cnn2-c2ccc(F)cc2)c1)c1cnc2ccccc2c1. The lowest BCUT2D eigenvalue weighted by Gasteiger charge is -2.26. The Hall–Kier alpha value is -3.82. The summed E-state index contributed by atoms with van der Waals surface area (Å²) in [4.78, 5) is 4.57. The van der Waals surface area contributed by atoms with Gasteiger partial charge in [0.05, 0.1) is 34.2 Å². The Labute approximate surface area is 214 Å². The molecule has 1 fully saturated rings. The number of hydrogen-bond donors (Lipinski definition) is 1. The molecule has 37 heavy (non-hydrogen) atoms. The molecular formula is C28H25FN4O3S. The van der Waals surface area contributed by atoms with Crippen molar-refractivity contribution in [2.75, 3.05) is 0 Å². The highest BCUT2D eigenvalue weighted by molar-refractivity contribution is 7.90. The fourth-order valence-corrected chi connectivity index (χ4v) is 6.11. The zero-order chi connectivity index (χ0) is 25.6. The number of sulfonamides is 1. The first-order valence-electron chi connectivity index (χ1n) is 12.1. The minimum absolute atomic E-state index is 0.309. The van der Waals surface area contributed by atoms with E-state index in [9.17, 15) is 12.8 Å². The summed E-state index contributed by atoms with van der Waals surface area (Å²) in [6.07, 6.45) is 4.20. The number of rotatable bonds is 8. The van der Waals surface area contributed by atoms with Crippen LogP contribution in [0.2, 0.25) is 0 Å². The number of para-hydroxylation sites is 1.